The maximum absolute atomic E-state index is 5.07. The highest BCUT2D eigenvalue weighted by atomic mass is 16.5. The summed E-state index contributed by atoms with van der Waals surface area (Å²) in [4.78, 5) is 14.7. The average molecular weight is 253 g/mol. The SMILES string of the molecule is CCN(c1nc(OC)nc(OC)n1)C1CCNC1. The van der Waals surface area contributed by atoms with Crippen LogP contribution in [0.1, 0.15) is 13.3 Å². The predicted molar refractivity (Wildman–Crippen MR) is 67.2 cm³/mol. The Labute approximate surface area is 107 Å². The number of ether oxygens (including phenoxy) is 2. The van der Waals surface area contributed by atoms with Crippen LogP contribution in [0.5, 0.6) is 12.0 Å². The zero-order chi connectivity index (χ0) is 13.0. The lowest BCUT2D eigenvalue weighted by Crippen LogP contribution is -2.38. The van der Waals surface area contributed by atoms with Crippen LogP contribution >= 0.6 is 0 Å². The van der Waals surface area contributed by atoms with Gasteiger partial charge in [-0.2, -0.15) is 9.97 Å². The van der Waals surface area contributed by atoms with Crippen molar-refractivity contribution in [3.63, 3.8) is 0 Å². The van der Waals surface area contributed by atoms with E-state index in [1.165, 1.54) is 14.2 Å². The van der Waals surface area contributed by atoms with Crippen molar-refractivity contribution in [1.29, 1.82) is 0 Å². The molecule has 0 aromatic carbocycles. The Hall–Kier alpha value is -1.63. The first-order valence-electron chi connectivity index (χ1n) is 6.10. The second-order valence-corrected chi connectivity index (χ2v) is 4.04. The van der Waals surface area contributed by atoms with Gasteiger partial charge in [-0.05, 0) is 19.9 Å². The van der Waals surface area contributed by atoms with E-state index in [0.29, 0.717) is 12.0 Å². The van der Waals surface area contributed by atoms with Gasteiger partial charge in [0.1, 0.15) is 0 Å². The van der Waals surface area contributed by atoms with E-state index in [4.69, 9.17) is 9.47 Å². The molecule has 100 valence electrons. The summed E-state index contributed by atoms with van der Waals surface area (Å²) >= 11 is 0. The van der Waals surface area contributed by atoms with Crippen LogP contribution < -0.4 is 19.7 Å². The van der Waals surface area contributed by atoms with Gasteiger partial charge in [0.15, 0.2) is 0 Å². The van der Waals surface area contributed by atoms with Crippen molar-refractivity contribution in [2.24, 2.45) is 0 Å². The fraction of sp³-hybridized carbons (Fsp3) is 0.727. The van der Waals surface area contributed by atoms with Crippen LogP contribution in [0.25, 0.3) is 0 Å². The molecule has 0 aliphatic carbocycles. The van der Waals surface area contributed by atoms with E-state index in [9.17, 15) is 0 Å². The molecule has 7 heteroatoms. The van der Waals surface area contributed by atoms with Gasteiger partial charge in [0.25, 0.3) is 0 Å². The third-order valence-corrected chi connectivity index (χ3v) is 3.02. The van der Waals surface area contributed by atoms with Crippen LogP contribution in [0.15, 0.2) is 0 Å². The van der Waals surface area contributed by atoms with Crippen molar-refractivity contribution in [2.75, 3.05) is 38.8 Å². The highest BCUT2D eigenvalue weighted by Crippen LogP contribution is 2.20. The van der Waals surface area contributed by atoms with Crippen molar-refractivity contribution in [3.8, 4) is 12.0 Å². The first kappa shape index (κ1) is 12.8. The van der Waals surface area contributed by atoms with E-state index >= 15 is 0 Å². The first-order chi connectivity index (χ1) is 8.78. The van der Waals surface area contributed by atoms with Gasteiger partial charge < -0.3 is 19.7 Å². The van der Waals surface area contributed by atoms with E-state index in [0.717, 1.165) is 26.1 Å². The molecule has 1 saturated heterocycles. The molecule has 0 spiro atoms. The van der Waals surface area contributed by atoms with Crippen LogP contribution in [0.3, 0.4) is 0 Å². The van der Waals surface area contributed by atoms with E-state index < -0.39 is 0 Å². The number of hydrogen-bond acceptors (Lipinski definition) is 7. The van der Waals surface area contributed by atoms with Gasteiger partial charge in [0, 0.05) is 19.1 Å². The number of likely N-dealkylation sites (N-methyl/N-ethyl adjacent to an activating group) is 1. The summed E-state index contributed by atoms with van der Waals surface area (Å²) in [5.74, 6) is 0.606. The van der Waals surface area contributed by atoms with Gasteiger partial charge in [0.2, 0.25) is 5.95 Å². The molecule has 7 nitrogen and oxygen atoms in total. The third kappa shape index (κ3) is 2.61. The maximum Gasteiger partial charge on any atom is 0.324 e. The van der Waals surface area contributed by atoms with Gasteiger partial charge in [-0.15, -0.1) is 4.98 Å². The van der Waals surface area contributed by atoms with E-state index in [-0.39, 0.29) is 12.0 Å². The fourth-order valence-electron chi connectivity index (χ4n) is 2.11. The molecule has 2 rings (SSSR count). The summed E-state index contributed by atoms with van der Waals surface area (Å²) in [6.07, 6.45) is 1.09. The summed E-state index contributed by atoms with van der Waals surface area (Å²) in [5.41, 5.74) is 0. The molecular weight excluding hydrogens is 234 g/mol. The minimum Gasteiger partial charge on any atom is -0.467 e. The predicted octanol–water partition coefficient (Wildman–Crippen LogP) is 0.0770. The van der Waals surface area contributed by atoms with Crippen molar-refractivity contribution >= 4 is 5.95 Å². The quantitative estimate of drug-likeness (QED) is 0.796. The van der Waals surface area contributed by atoms with E-state index in [1.54, 1.807) is 0 Å². The molecule has 1 N–H and O–H groups in total. The van der Waals surface area contributed by atoms with Gasteiger partial charge in [-0.1, -0.05) is 0 Å². The largest absolute Gasteiger partial charge is 0.467 e. The van der Waals surface area contributed by atoms with Crippen molar-refractivity contribution < 1.29 is 9.47 Å². The molecule has 1 atom stereocenters. The number of aromatic nitrogens is 3. The van der Waals surface area contributed by atoms with Crippen molar-refractivity contribution in [2.45, 2.75) is 19.4 Å². The molecule has 1 fully saturated rings. The topological polar surface area (TPSA) is 72.4 Å². The molecule has 0 radical (unpaired) electrons. The van der Waals surface area contributed by atoms with Gasteiger partial charge in [0.05, 0.1) is 14.2 Å². The number of nitrogens with zero attached hydrogens (tertiary/aromatic N) is 4. The highest BCUT2D eigenvalue weighted by Gasteiger charge is 2.24. The Morgan fingerprint density at radius 2 is 1.89 bits per heavy atom. The molecule has 0 bridgehead atoms. The highest BCUT2D eigenvalue weighted by molar-refractivity contribution is 5.34. The molecule has 1 aliphatic heterocycles. The Morgan fingerprint density at radius 3 is 2.33 bits per heavy atom. The minimum absolute atomic E-state index is 0.279. The minimum atomic E-state index is 0.279. The van der Waals surface area contributed by atoms with Gasteiger partial charge in [-0.25, -0.2) is 0 Å². The number of hydrogen-bond donors (Lipinski definition) is 1. The van der Waals surface area contributed by atoms with Crippen LogP contribution in [0.2, 0.25) is 0 Å². The summed E-state index contributed by atoms with van der Waals surface area (Å²) in [7, 11) is 3.07. The Kier molecular flexibility index (Phi) is 4.14. The monoisotopic (exact) mass is 253 g/mol. The molecule has 0 amide bonds. The van der Waals surface area contributed by atoms with E-state index in [1.807, 2.05) is 0 Å². The molecule has 0 saturated carbocycles. The fourth-order valence-corrected chi connectivity index (χ4v) is 2.11. The van der Waals surface area contributed by atoms with Crippen molar-refractivity contribution in [1.82, 2.24) is 20.3 Å². The lowest BCUT2D eigenvalue weighted by molar-refractivity contribution is 0.339. The molecule has 1 aromatic heterocycles. The second kappa shape index (κ2) is 5.81. The molecular formula is C11H19N5O2. The molecule has 2 heterocycles. The lowest BCUT2D eigenvalue weighted by Gasteiger charge is -2.27. The smallest absolute Gasteiger partial charge is 0.324 e. The Balaban J connectivity index is 2.28. The summed E-state index contributed by atoms with van der Waals surface area (Å²) in [6.45, 7) is 4.90. The maximum atomic E-state index is 5.07. The van der Waals surface area contributed by atoms with Gasteiger partial charge >= 0.3 is 12.0 Å². The normalized spacial score (nSPS) is 18.7. The van der Waals surface area contributed by atoms with Crippen molar-refractivity contribution in [3.05, 3.63) is 0 Å². The summed E-state index contributed by atoms with van der Waals surface area (Å²) in [6, 6.07) is 0.967. The zero-order valence-corrected chi connectivity index (χ0v) is 11.0. The second-order valence-electron chi connectivity index (χ2n) is 4.04. The molecule has 1 aliphatic rings. The molecule has 1 aromatic rings. The Bertz CT molecular complexity index is 373. The van der Waals surface area contributed by atoms with Crippen LogP contribution in [-0.2, 0) is 0 Å². The zero-order valence-electron chi connectivity index (χ0n) is 11.0. The van der Waals surface area contributed by atoms with Crippen LogP contribution in [0.4, 0.5) is 5.95 Å². The molecule has 18 heavy (non-hydrogen) atoms. The lowest BCUT2D eigenvalue weighted by atomic mass is 10.2. The van der Waals surface area contributed by atoms with Gasteiger partial charge in [-0.3, -0.25) is 0 Å². The standard InChI is InChI=1S/C11H19N5O2/c1-4-16(8-5-6-12-7-8)9-13-10(17-2)15-11(14-9)18-3/h8,12H,4-7H2,1-3H3. The number of methoxy groups -OCH3 is 2. The third-order valence-electron chi connectivity index (χ3n) is 3.02. The van der Waals surface area contributed by atoms with E-state index in [2.05, 4.69) is 32.1 Å². The summed E-state index contributed by atoms with van der Waals surface area (Å²) in [5, 5.41) is 3.34. The molecule has 1 unspecified atom stereocenters. The number of nitrogens with one attached hydrogen (secondary N) is 1. The number of anilines is 1. The van der Waals surface area contributed by atoms with Crippen LogP contribution in [0, 0.1) is 0 Å². The summed E-state index contributed by atoms with van der Waals surface area (Å²) < 4.78 is 10.1. The average Bonchev–Trinajstić information content (AvgIpc) is 2.93. The number of rotatable bonds is 5. The van der Waals surface area contributed by atoms with Crippen LogP contribution in [-0.4, -0.2) is 54.8 Å². The first-order valence-corrected chi connectivity index (χ1v) is 6.10. The Morgan fingerprint density at radius 1 is 1.22 bits per heavy atom.